The smallest absolute Gasteiger partial charge is 0.550 e. The highest BCUT2D eigenvalue weighted by Gasteiger charge is 2.55. The van der Waals surface area contributed by atoms with E-state index in [-0.39, 0.29) is 0 Å². The quantitative estimate of drug-likeness (QED) is 0.798. The minimum atomic E-state index is -6.44. The first kappa shape index (κ1) is 16.6. The number of sulfonamides is 2. The summed E-state index contributed by atoms with van der Waals surface area (Å²) in [6, 6.07) is 3.95. The van der Waals surface area contributed by atoms with Gasteiger partial charge in [-0.15, -0.1) is 3.87 Å². The first-order chi connectivity index (χ1) is 8.94. The van der Waals surface area contributed by atoms with Crippen LogP contribution in [-0.2, 0) is 20.0 Å². The predicted molar refractivity (Wildman–Crippen MR) is 63.0 cm³/mol. The van der Waals surface area contributed by atoms with E-state index < -0.39 is 34.3 Å². The first-order valence-corrected chi connectivity index (χ1v) is 7.74. The van der Waals surface area contributed by atoms with Gasteiger partial charge in [-0.1, -0.05) is 24.8 Å². The van der Waals surface area contributed by atoms with Crippen LogP contribution in [0.15, 0.2) is 35.7 Å². The Morgan fingerprint density at radius 3 is 1.90 bits per heavy atom. The molecule has 0 spiro atoms. The Kier molecular flexibility index (Phi) is 4.29. The van der Waals surface area contributed by atoms with Crippen LogP contribution in [0, 0.1) is 5.21 Å². The molecule has 0 heterocycles. The van der Waals surface area contributed by atoms with E-state index in [0.29, 0.717) is 5.56 Å². The first-order valence-electron chi connectivity index (χ1n) is 4.77. The van der Waals surface area contributed by atoms with Crippen molar-refractivity contribution in [3.63, 3.8) is 0 Å². The highest BCUT2D eigenvalue weighted by Crippen LogP contribution is 2.20. The monoisotopic (exact) mass is 331 g/mol. The van der Waals surface area contributed by atoms with Crippen molar-refractivity contribution in [3.05, 3.63) is 41.6 Å². The lowest BCUT2D eigenvalue weighted by Gasteiger charge is -2.21. The summed E-state index contributed by atoms with van der Waals surface area (Å²) in [6.07, 6.45) is 1.32. The van der Waals surface area contributed by atoms with E-state index in [2.05, 4.69) is 6.58 Å². The molecule has 1 aromatic carbocycles. The Morgan fingerprint density at radius 2 is 1.55 bits per heavy atom. The maximum atomic E-state index is 12.2. The van der Waals surface area contributed by atoms with E-state index in [9.17, 15) is 35.2 Å². The van der Waals surface area contributed by atoms with E-state index in [1.54, 1.807) is 0 Å². The zero-order chi connectivity index (χ0) is 15.8. The molecule has 112 valence electrons. The highest BCUT2D eigenvalue weighted by molar-refractivity contribution is 7.97. The van der Waals surface area contributed by atoms with Crippen LogP contribution in [0.25, 0.3) is 6.08 Å². The summed E-state index contributed by atoms with van der Waals surface area (Å²) in [5.74, 6) is 0. The standard InChI is InChI=1S/C9H8F3NO5S2/c1-2-7-3-5-8(6-4-7)19(15,16)13(14)20(17,18)9(10,11)12/h2-6,13H,1H2. The molecule has 0 aliphatic carbocycles. The molecule has 11 heteroatoms. The molecule has 6 nitrogen and oxygen atoms in total. The average molecular weight is 331 g/mol. The Labute approximate surface area is 112 Å². The van der Waals surface area contributed by atoms with E-state index in [1.807, 2.05) is 0 Å². The molecule has 0 aromatic heterocycles. The van der Waals surface area contributed by atoms with Crippen molar-refractivity contribution in [2.24, 2.45) is 0 Å². The molecular formula is C9H8F3NO5S2. The van der Waals surface area contributed by atoms with Crippen molar-refractivity contribution >= 4 is 26.1 Å². The van der Waals surface area contributed by atoms with E-state index >= 15 is 0 Å². The minimum absolute atomic E-state index is 0.440. The summed E-state index contributed by atoms with van der Waals surface area (Å²) < 4.78 is 78.4. The van der Waals surface area contributed by atoms with Crippen LogP contribution in [0.1, 0.15) is 5.56 Å². The van der Waals surface area contributed by atoms with Crippen molar-refractivity contribution in [2.45, 2.75) is 10.4 Å². The molecule has 0 bridgehead atoms. The van der Waals surface area contributed by atoms with Gasteiger partial charge >= 0.3 is 25.6 Å². The summed E-state index contributed by atoms with van der Waals surface area (Å²) >= 11 is 0. The fourth-order valence-electron chi connectivity index (χ4n) is 1.12. The Balaban J connectivity index is 3.33. The van der Waals surface area contributed by atoms with Gasteiger partial charge in [0.2, 0.25) is 0 Å². The maximum absolute atomic E-state index is 12.2. The molecule has 0 saturated carbocycles. The third-order valence-electron chi connectivity index (χ3n) is 2.17. The van der Waals surface area contributed by atoms with Crippen LogP contribution < -0.4 is 3.87 Å². The normalized spacial score (nSPS) is 14.8. The Bertz CT molecular complexity index is 707. The molecule has 0 aliphatic rings. The number of halogens is 3. The molecule has 0 amide bonds. The average Bonchev–Trinajstić information content (AvgIpc) is 2.36. The molecule has 0 aliphatic heterocycles. The largest absolute Gasteiger partial charge is 0.602 e. The zero-order valence-corrected chi connectivity index (χ0v) is 11.2. The zero-order valence-electron chi connectivity index (χ0n) is 9.59. The number of quaternary nitrogens is 1. The van der Waals surface area contributed by atoms with E-state index in [4.69, 9.17) is 0 Å². The van der Waals surface area contributed by atoms with Gasteiger partial charge in [0, 0.05) is 0 Å². The summed E-state index contributed by atoms with van der Waals surface area (Å²) in [7, 11) is -11.7. The lowest BCUT2D eigenvalue weighted by molar-refractivity contribution is -0.555. The summed E-state index contributed by atoms with van der Waals surface area (Å²) in [4.78, 5) is -0.846. The number of nitrogens with one attached hydrogen (secondary N) is 1. The Morgan fingerprint density at radius 1 is 1.10 bits per heavy atom. The van der Waals surface area contributed by atoms with E-state index in [0.717, 1.165) is 24.3 Å². The van der Waals surface area contributed by atoms with Crippen LogP contribution in [0.4, 0.5) is 13.2 Å². The molecule has 0 saturated heterocycles. The molecule has 1 unspecified atom stereocenters. The van der Waals surface area contributed by atoms with Gasteiger partial charge in [-0.25, -0.2) is 0 Å². The SMILES string of the molecule is C=Cc1ccc(S(=O)(=O)[NH+]([O-])S(=O)(=O)C(F)(F)F)cc1. The van der Waals surface area contributed by atoms with Crippen molar-refractivity contribution < 1.29 is 33.9 Å². The highest BCUT2D eigenvalue weighted by atomic mass is 32.3. The van der Waals surface area contributed by atoms with Crippen LogP contribution >= 0.6 is 0 Å². The van der Waals surface area contributed by atoms with Crippen LogP contribution in [0.2, 0.25) is 0 Å². The number of benzene rings is 1. The second-order valence-electron chi connectivity index (χ2n) is 3.48. The van der Waals surface area contributed by atoms with Gasteiger partial charge in [-0.2, -0.15) is 30.0 Å². The Hall–Kier alpha value is -1.43. The molecule has 20 heavy (non-hydrogen) atoms. The number of alkyl halides is 3. The fraction of sp³-hybridized carbons (Fsp3) is 0.111. The lowest BCUT2D eigenvalue weighted by atomic mass is 10.2. The summed E-state index contributed by atoms with van der Waals surface area (Å²) in [6.45, 7) is 3.37. The van der Waals surface area contributed by atoms with Gasteiger partial charge in [0.25, 0.3) is 0 Å². The lowest BCUT2D eigenvalue weighted by Crippen LogP contribution is -3.12. The van der Waals surface area contributed by atoms with Crippen LogP contribution in [0.3, 0.4) is 0 Å². The van der Waals surface area contributed by atoms with Crippen molar-refractivity contribution in [2.75, 3.05) is 0 Å². The minimum Gasteiger partial charge on any atom is -0.602 e. The third kappa shape index (κ3) is 2.85. The molecule has 1 rings (SSSR count). The second kappa shape index (κ2) is 5.16. The molecule has 0 radical (unpaired) electrons. The van der Waals surface area contributed by atoms with Crippen LogP contribution in [-0.4, -0.2) is 22.3 Å². The second-order valence-corrected chi connectivity index (χ2v) is 7.42. The van der Waals surface area contributed by atoms with Gasteiger partial charge in [-0.05, 0) is 17.7 Å². The van der Waals surface area contributed by atoms with Gasteiger partial charge < -0.3 is 5.21 Å². The predicted octanol–water partition coefficient (Wildman–Crippen LogP) is 0.251. The van der Waals surface area contributed by atoms with Crippen molar-refractivity contribution in [3.8, 4) is 0 Å². The molecular weight excluding hydrogens is 323 g/mol. The van der Waals surface area contributed by atoms with Gasteiger partial charge in [-0.3, -0.25) is 0 Å². The maximum Gasteiger partial charge on any atom is 0.550 e. The molecule has 0 fully saturated rings. The van der Waals surface area contributed by atoms with Crippen molar-refractivity contribution in [1.29, 1.82) is 0 Å². The van der Waals surface area contributed by atoms with Crippen molar-refractivity contribution in [1.82, 2.24) is 0 Å². The molecule has 1 atom stereocenters. The number of hydrogen-bond acceptors (Lipinski definition) is 5. The van der Waals surface area contributed by atoms with Gasteiger partial charge in [0.05, 0.1) is 0 Å². The topological polar surface area (TPSA) is 95.8 Å². The van der Waals surface area contributed by atoms with Crippen LogP contribution in [0.5, 0.6) is 0 Å². The summed E-state index contributed by atoms with van der Waals surface area (Å²) in [5.41, 5.74) is -5.53. The number of rotatable bonds is 4. The fourth-order valence-corrected chi connectivity index (χ4v) is 3.72. The summed E-state index contributed by atoms with van der Waals surface area (Å²) in [5, 5.41) is 11.2. The third-order valence-corrected chi connectivity index (χ3v) is 5.87. The van der Waals surface area contributed by atoms with Gasteiger partial charge in [0.1, 0.15) is 4.90 Å². The van der Waals surface area contributed by atoms with Gasteiger partial charge in [0.15, 0.2) is 0 Å². The molecule has 1 N–H and O–H groups in total. The number of hydrogen-bond donors (Lipinski definition) is 1. The van der Waals surface area contributed by atoms with E-state index in [1.165, 1.54) is 6.08 Å². The molecule has 1 aromatic rings.